The maximum atomic E-state index is 12.9. The first-order valence-electron chi connectivity index (χ1n) is 4.73. The summed E-state index contributed by atoms with van der Waals surface area (Å²) < 4.78 is 30.7. The van der Waals surface area contributed by atoms with Gasteiger partial charge >= 0.3 is 0 Å². The normalized spacial score (nSPS) is 10.3. The Morgan fingerprint density at radius 2 is 1.94 bits per heavy atom. The van der Waals surface area contributed by atoms with Gasteiger partial charge in [0.25, 0.3) is 0 Å². The zero-order valence-electron chi connectivity index (χ0n) is 8.60. The lowest BCUT2D eigenvalue weighted by atomic mass is 10.3. The van der Waals surface area contributed by atoms with Crippen LogP contribution in [0.1, 0.15) is 5.69 Å². The molecule has 0 aliphatic rings. The summed E-state index contributed by atoms with van der Waals surface area (Å²) in [6.07, 6.45) is 2.61. The summed E-state index contributed by atoms with van der Waals surface area (Å²) >= 11 is 0. The summed E-state index contributed by atoms with van der Waals surface area (Å²) in [4.78, 5) is 7.66. The molecule has 6 heteroatoms. The highest BCUT2D eigenvalue weighted by Gasteiger charge is 2.05. The summed E-state index contributed by atoms with van der Waals surface area (Å²) in [5.74, 6) is -1.69. The molecule has 2 rings (SSSR count). The molecular formula is C11H8F2N2O2. The molecule has 0 bridgehead atoms. The third-order valence-electron chi connectivity index (χ3n) is 1.96. The summed E-state index contributed by atoms with van der Waals surface area (Å²) in [5.41, 5.74) is 0.391. The minimum absolute atomic E-state index is 0.120. The Kier molecular flexibility index (Phi) is 3.24. The van der Waals surface area contributed by atoms with E-state index in [2.05, 4.69) is 9.97 Å². The number of aliphatic hydroxyl groups excluding tert-OH is 1. The number of benzene rings is 1. The number of rotatable bonds is 3. The first-order valence-corrected chi connectivity index (χ1v) is 4.73. The van der Waals surface area contributed by atoms with E-state index in [-0.39, 0.29) is 18.2 Å². The second-order valence-corrected chi connectivity index (χ2v) is 3.18. The molecular weight excluding hydrogens is 230 g/mol. The SMILES string of the molecule is OCc1cnc(Oc2ccc(F)c(F)c2)cn1. The van der Waals surface area contributed by atoms with Crippen molar-refractivity contribution in [2.24, 2.45) is 0 Å². The first-order chi connectivity index (χ1) is 8.19. The van der Waals surface area contributed by atoms with Gasteiger partial charge in [-0.2, -0.15) is 0 Å². The van der Waals surface area contributed by atoms with E-state index in [0.29, 0.717) is 5.69 Å². The van der Waals surface area contributed by atoms with Gasteiger partial charge in [-0.25, -0.2) is 13.8 Å². The van der Waals surface area contributed by atoms with Crippen LogP contribution in [0.15, 0.2) is 30.6 Å². The van der Waals surface area contributed by atoms with Crippen molar-refractivity contribution in [2.75, 3.05) is 0 Å². The van der Waals surface area contributed by atoms with Gasteiger partial charge in [0.1, 0.15) is 5.75 Å². The van der Waals surface area contributed by atoms with Gasteiger partial charge in [0.2, 0.25) is 5.88 Å². The Bertz CT molecular complexity index is 517. The van der Waals surface area contributed by atoms with Gasteiger partial charge in [0.15, 0.2) is 11.6 Å². The fourth-order valence-corrected chi connectivity index (χ4v) is 1.14. The lowest BCUT2D eigenvalue weighted by molar-refractivity contribution is 0.276. The van der Waals surface area contributed by atoms with Gasteiger partial charge in [0, 0.05) is 6.07 Å². The van der Waals surface area contributed by atoms with E-state index in [4.69, 9.17) is 9.84 Å². The molecule has 0 amide bonds. The Hall–Kier alpha value is -2.08. The second-order valence-electron chi connectivity index (χ2n) is 3.18. The Labute approximate surface area is 95.5 Å². The number of aliphatic hydroxyl groups is 1. The summed E-state index contributed by atoms with van der Waals surface area (Å²) in [6.45, 7) is -0.224. The Morgan fingerprint density at radius 1 is 1.12 bits per heavy atom. The smallest absolute Gasteiger partial charge is 0.237 e. The number of hydrogen-bond acceptors (Lipinski definition) is 4. The molecule has 1 heterocycles. The van der Waals surface area contributed by atoms with E-state index < -0.39 is 11.6 Å². The molecule has 0 fully saturated rings. The van der Waals surface area contributed by atoms with Crippen LogP contribution in [-0.4, -0.2) is 15.1 Å². The summed E-state index contributed by atoms with van der Waals surface area (Å²) in [7, 11) is 0. The molecule has 0 saturated carbocycles. The van der Waals surface area contributed by atoms with Gasteiger partial charge < -0.3 is 9.84 Å². The lowest BCUT2D eigenvalue weighted by Gasteiger charge is -2.04. The van der Waals surface area contributed by atoms with Crippen molar-refractivity contribution in [3.63, 3.8) is 0 Å². The quantitative estimate of drug-likeness (QED) is 0.889. The van der Waals surface area contributed by atoms with Crippen molar-refractivity contribution in [2.45, 2.75) is 6.61 Å². The molecule has 0 aliphatic carbocycles. The molecule has 4 nitrogen and oxygen atoms in total. The molecule has 0 atom stereocenters. The molecule has 0 aliphatic heterocycles. The van der Waals surface area contributed by atoms with E-state index in [9.17, 15) is 8.78 Å². The van der Waals surface area contributed by atoms with Crippen LogP contribution in [0.4, 0.5) is 8.78 Å². The molecule has 88 valence electrons. The monoisotopic (exact) mass is 238 g/mol. The third-order valence-corrected chi connectivity index (χ3v) is 1.96. The zero-order valence-corrected chi connectivity index (χ0v) is 8.60. The van der Waals surface area contributed by atoms with Crippen LogP contribution < -0.4 is 4.74 Å². The number of aromatic nitrogens is 2. The average Bonchev–Trinajstić information content (AvgIpc) is 2.35. The highest BCUT2D eigenvalue weighted by molar-refractivity contribution is 5.27. The minimum Gasteiger partial charge on any atom is -0.437 e. The zero-order chi connectivity index (χ0) is 12.3. The largest absolute Gasteiger partial charge is 0.437 e. The minimum atomic E-state index is -0.998. The fraction of sp³-hybridized carbons (Fsp3) is 0.0909. The van der Waals surface area contributed by atoms with Gasteiger partial charge in [0.05, 0.1) is 24.7 Å². The number of ether oxygens (including phenoxy) is 1. The van der Waals surface area contributed by atoms with Crippen LogP contribution in [0.3, 0.4) is 0 Å². The van der Waals surface area contributed by atoms with E-state index in [1.165, 1.54) is 18.5 Å². The predicted octanol–water partition coefficient (Wildman–Crippen LogP) is 2.04. The maximum absolute atomic E-state index is 12.9. The first kappa shape index (κ1) is 11.4. The van der Waals surface area contributed by atoms with Gasteiger partial charge in [-0.1, -0.05) is 0 Å². The third kappa shape index (κ3) is 2.73. The highest BCUT2D eigenvalue weighted by Crippen LogP contribution is 2.20. The maximum Gasteiger partial charge on any atom is 0.237 e. The Morgan fingerprint density at radius 3 is 2.53 bits per heavy atom. The van der Waals surface area contributed by atoms with Crippen molar-refractivity contribution in [1.82, 2.24) is 9.97 Å². The molecule has 2 aromatic rings. The van der Waals surface area contributed by atoms with Crippen LogP contribution in [0, 0.1) is 11.6 Å². The van der Waals surface area contributed by atoms with Gasteiger partial charge in [-0.3, -0.25) is 4.98 Å². The van der Waals surface area contributed by atoms with Crippen molar-refractivity contribution in [1.29, 1.82) is 0 Å². The molecule has 0 spiro atoms. The molecule has 1 N–H and O–H groups in total. The van der Waals surface area contributed by atoms with Gasteiger partial charge in [-0.05, 0) is 12.1 Å². The van der Waals surface area contributed by atoms with Crippen molar-refractivity contribution < 1.29 is 18.6 Å². The molecule has 17 heavy (non-hydrogen) atoms. The van der Waals surface area contributed by atoms with Gasteiger partial charge in [-0.15, -0.1) is 0 Å². The van der Waals surface area contributed by atoms with E-state index in [1.807, 2.05) is 0 Å². The molecule has 0 radical (unpaired) electrons. The predicted molar refractivity (Wildman–Crippen MR) is 54.4 cm³/mol. The van der Waals surface area contributed by atoms with E-state index >= 15 is 0 Å². The number of nitrogens with zero attached hydrogens (tertiary/aromatic N) is 2. The second kappa shape index (κ2) is 4.84. The van der Waals surface area contributed by atoms with E-state index in [0.717, 1.165) is 12.1 Å². The Balaban J connectivity index is 2.16. The fourth-order valence-electron chi connectivity index (χ4n) is 1.14. The van der Waals surface area contributed by atoms with Crippen molar-refractivity contribution >= 4 is 0 Å². The van der Waals surface area contributed by atoms with Crippen LogP contribution in [0.5, 0.6) is 11.6 Å². The molecule has 1 aromatic heterocycles. The highest BCUT2D eigenvalue weighted by atomic mass is 19.2. The molecule has 1 aromatic carbocycles. The standard InChI is InChI=1S/C11H8F2N2O2/c12-9-2-1-8(3-10(9)13)17-11-5-14-7(6-16)4-15-11/h1-5,16H,6H2. The van der Waals surface area contributed by atoms with Crippen molar-refractivity contribution in [3.8, 4) is 11.6 Å². The summed E-state index contributed by atoms with van der Waals surface area (Å²) in [5, 5.41) is 8.75. The van der Waals surface area contributed by atoms with Crippen LogP contribution in [-0.2, 0) is 6.61 Å². The van der Waals surface area contributed by atoms with E-state index in [1.54, 1.807) is 0 Å². The van der Waals surface area contributed by atoms with Crippen LogP contribution in [0.2, 0.25) is 0 Å². The van der Waals surface area contributed by atoms with Crippen LogP contribution >= 0.6 is 0 Å². The topological polar surface area (TPSA) is 55.2 Å². The van der Waals surface area contributed by atoms with Crippen LogP contribution in [0.25, 0.3) is 0 Å². The molecule has 0 unspecified atom stereocenters. The molecule has 0 saturated heterocycles. The average molecular weight is 238 g/mol. The lowest BCUT2D eigenvalue weighted by Crippen LogP contribution is -1.94. The summed E-state index contributed by atoms with van der Waals surface area (Å²) in [6, 6.07) is 3.15. The number of hydrogen-bond donors (Lipinski definition) is 1. The number of halogens is 2. The van der Waals surface area contributed by atoms with Crippen molar-refractivity contribution in [3.05, 3.63) is 47.9 Å².